The van der Waals surface area contributed by atoms with Gasteiger partial charge >= 0.3 is 0 Å². The zero-order valence-corrected chi connectivity index (χ0v) is 12.3. The zero-order chi connectivity index (χ0) is 13.7. The Kier molecular flexibility index (Phi) is 5.08. The number of anilines is 1. The van der Waals surface area contributed by atoms with E-state index in [1.165, 1.54) is 24.1 Å². The summed E-state index contributed by atoms with van der Waals surface area (Å²) < 4.78 is 5.42. The van der Waals surface area contributed by atoms with Crippen molar-refractivity contribution in [2.24, 2.45) is 5.92 Å². The first kappa shape index (κ1) is 14.2. The summed E-state index contributed by atoms with van der Waals surface area (Å²) in [6.45, 7) is 7.80. The van der Waals surface area contributed by atoms with Crippen LogP contribution in [0.3, 0.4) is 0 Å². The van der Waals surface area contributed by atoms with Crippen molar-refractivity contribution in [1.82, 2.24) is 5.32 Å². The molecule has 0 atom stereocenters. The molecule has 0 spiro atoms. The predicted octanol–water partition coefficient (Wildman–Crippen LogP) is 3.23. The van der Waals surface area contributed by atoms with Gasteiger partial charge in [-0.3, -0.25) is 0 Å². The van der Waals surface area contributed by atoms with Crippen LogP contribution in [0.4, 0.5) is 5.69 Å². The van der Waals surface area contributed by atoms with E-state index in [1.807, 2.05) is 0 Å². The normalized spacial score (nSPS) is 16.6. The smallest absolute Gasteiger partial charge is 0.122 e. The summed E-state index contributed by atoms with van der Waals surface area (Å²) in [7, 11) is 1.74. The highest BCUT2D eigenvalue weighted by molar-refractivity contribution is 5.52. The molecular weight excluding hydrogens is 236 g/mol. The quantitative estimate of drug-likeness (QED) is 0.854. The number of ether oxygens (including phenoxy) is 1. The highest BCUT2D eigenvalue weighted by Gasteiger charge is 2.13. The molecule has 1 aromatic rings. The minimum absolute atomic E-state index is 0.482. The fourth-order valence-electron chi connectivity index (χ4n) is 2.64. The molecule has 0 bridgehead atoms. The maximum atomic E-state index is 5.42. The Morgan fingerprint density at radius 2 is 2.05 bits per heavy atom. The Morgan fingerprint density at radius 3 is 2.68 bits per heavy atom. The number of piperidine rings is 1. The van der Waals surface area contributed by atoms with Gasteiger partial charge in [-0.05, 0) is 61.5 Å². The summed E-state index contributed by atoms with van der Waals surface area (Å²) in [6, 6.07) is 6.41. The fraction of sp³-hybridized carbons (Fsp3) is 0.625. The molecule has 0 radical (unpaired) electrons. The minimum Gasteiger partial charge on any atom is -0.496 e. The molecule has 1 fully saturated rings. The molecule has 0 aromatic heterocycles. The number of nitrogens with one attached hydrogen (secondary N) is 2. The monoisotopic (exact) mass is 262 g/mol. The maximum Gasteiger partial charge on any atom is 0.122 e. The van der Waals surface area contributed by atoms with Crippen molar-refractivity contribution in [2.75, 3.05) is 32.1 Å². The van der Waals surface area contributed by atoms with Crippen LogP contribution in [0.5, 0.6) is 5.75 Å². The van der Waals surface area contributed by atoms with Gasteiger partial charge in [0.1, 0.15) is 5.75 Å². The third kappa shape index (κ3) is 3.87. The third-order valence-corrected chi connectivity index (χ3v) is 3.91. The van der Waals surface area contributed by atoms with Crippen molar-refractivity contribution < 1.29 is 4.74 Å². The van der Waals surface area contributed by atoms with Crippen LogP contribution in [0.1, 0.15) is 38.2 Å². The summed E-state index contributed by atoms with van der Waals surface area (Å²) in [5.74, 6) is 2.27. The number of hydrogen-bond donors (Lipinski definition) is 2. The van der Waals surface area contributed by atoms with Crippen LogP contribution in [0, 0.1) is 5.92 Å². The lowest BCUT2D eigenvalue weighted by Crippen LogP contribution is -2.31. The average molecular weight is 262 g/mol. The summed E-state index contributed by atoms with van der Waals surface area (Å²) >= 11 is 0. The molecule has 0 aliphatic carbocycles. The molecule has 3 nitrogen and oxygen atoms in total. The van der Waals surface area contributed by atoms with E-state index in [4.69, 9.17) is 4.74 Å². The lowest BCUT2D eigenvalue weighted by atomic mass is 9.97. The standard InChI is InChI=1S/C16H26N2O/c1-12(2)15-10-14(4-5-16(15)19-3)18-11-13-6-8-17-9-7-13/h4-5,10,12-13,17-18H,6-9,11H2,1-3H3. The average Bonchev–Trinajstić information content (AvgIpc) is 2.46. The van der Waals surface area contributed by atoms with Crippen molar-refractivity contribution in [3.05, 3.63) is 23.8 Å². The second kappa shape index (κ2) is 6.80. The molecule has 2 N–H and O–H groups in total. The Labute approximate surface area is 116 Å². The Hall–Kier alpha value is -1.22. The minimum atomic E-state index is 0.482. The van der Waals surface area contributed by atoms with Crippen LogP contribution >= 0.6 is 0 Å². The van der Waals surface area contributed by atoms with Crippen molar-refractivity contribution in [3.8, 4) is 5.75 Å². The van der Waals surface area contributed by atoms with Crippen molar-refractivity contribution in [3.63, 3.8) is 0 Å². The summed E-state index contributed by atoms with van der Waals surface area (Å²) in [5.41, 5.74) is 2.49. The van der Waals surface area contributed by atoms with E-state index in [0.29, 0.717) is 5.92 Å². The van der Waals surface area contributed by atoms with Crippen LogP contribution in [-0.4, -0.2) is 26.7 Å². The highest BCUT2D eigenvalue weighted by atomic mass is 16.5. The SMILES string of the molecule is COc1ccc(NCC2CCNCC2)cc1C(C)C. The van der Waals surface area contributed by atoms with Crippen LogP contribution in [0.2, 0.25) is 0 Å². The summed E-state index contributed by atoms with van der Waals surface area (Å²) in [4.78, 5) is 0. The molecule has 0 amide bonds. The first-order valence-electron chi connectivity index (χ1n) is 7.33. The molecule has 1 saturated heterocycles. The Bertz CT molecular complexity index is 398. The molecule has 0 saturated carbocycles. The number of benzene rings is 1. The topological polar surface area (TPSA) is 33.3 Å². The lowest BCUT2D eigenvalue weighted by molar-refractivity contribution is 0.390. The molecule has 1 aliphatic heterocycles. The van der Waals surface area contributed by atoms with E-state index < -0.39 is 0 Å². The molecule has 2 rings (SSSR count). The zero-order valence-electron chi connectivity index (χ0n) is 12.3. The molecule has 1 aromatic carbocycles. The van der Waals surface area contributed by atoms with Gasteiger partial charge in [-0.1, -0.05) is 13.8 Å². The van der Waals surface area contributed by atoms with Gasteiger partial charge in [-0.2, -0.15) is 0 Å². The Balaban J connectivity index is 1.98. The molecule has 1 heterocycles. The highest BCUT2D eigenvalue weighted by Crippen LogP contribution is 2.29. The summed E-state index contributed by atoms with van der Waals surface area (Å²) in [6.07, 6.45) is 2.56. The number of methoxy groups -OCH3 is 1. The lowest BCUT2D eigenvalue weighted by Gasteiger charge is -2.23. The van der Waals surface area contributed by atoms with Crippen molar-refractivity contribution >= 4 is 5.69 Å². The predicted molar refractivity (Wildman–Crippen MR) is 81.2 cm³/mol. The molecule has 1 aliphatic rings. The van der Waals surface area contributed by atoms with E-state index in [1.54, 1.807) is 7.11 Å². The van der Waals surface area contributed by atoms with Crippen LogP contribution < -0.4 is 15.4 Å². The second-order valence-corrected chi connectivity index (χ2v) is 5.69. The van der Waals surface area contributed by atoms with Crippen molar-refractivity contribution in [2.45, 2.75) is 32.6 Å². The first-order chi connectivity index (χ1) is 9.20. The number of rotatable bonds is 5. The first-order valence-corrected chi connectivity index (χ1v) is 7.33. The van der Waals surface area contributed by atoms with Crippen LogP contribution in [-0.2, 0) is 0 Å². The molecule has 106 valence electrons. The van der Waals surface area contributed by atoms with Gasteiger partial charge in [-0.25, -0.2) is 0 Å². The summed E-state index contributed by atoms with van der Waals surface area (Å²) in [5, 5.41) is 6.99. The van der Waals surface area contributed by atoms with E-state index in [0.717, 1.165) is 31.3 Å². The fourth-order valence-corrected chi connectivity index (χ4v) is 2.64. The van der Waals surface area contributed by atoms with E-state index in [9.17, 15) is 0 Å². The maximum absolute atomic E-state index is 5.42. The van der Waals surface area contributed by atoms with Gasteiger partial charge in [0.05, 0.1) is 7.11 Å². The van der Waals surface area contributed by atoms with Gasteiger partial charge in [-0.15, -0.1) is 0 Å². The van der Waals surface area contributed by atoms with Gasteiger partial charge in [0.15, 0.2) is 0 Å². The molecular formula is C16H26N2O. The molecule has 3 heteroatoms. The largest absolute Gasteiger partial charge is 0.496 e. The third-order valence-electron chi connectivity index (χ3n) is 3.91. The molecule has 0 unspecified atom stereocenters. The van der Waals surface area contributed by atoms with Gasteiger partial charge < -0.3 is 15.4 Å². The Morgan fingerprint density at radius 1 is 1.32 bits per heavy atom. The van der Waals surface area contributed by atoms with Crippen LogP contribution in [0.25, 0.3) is 0 Å². The van der Waals surface area contributed by atoms with Gasteiger partial charge in [0.2, 0.25) is 0 Å². The van der Waals surface area contributed by atoms with E-state index in [-0.39, 0.29) is 0 Å². The number of hydrogen-bond acceptors (Lipinski definition) is 3. The van der Waals surface area contributed by atoms with Gasteiger partial charge in [0.25, 0.3) is 0 Å². The van der Waals surface area contributed by atoms with Gasteiger partial charge in [0, 0.05) is 12.2 Å². The van der Waals surface area contributed by atoms with E-state index in [2.05, 4.69) is 42.7 Å². The van der Waals surface area contributed by atoms with Crippen LogP contribution in [0.15, 0.2) is 18.2 Å². The molecule has 19 heavy (non-hydrogen) atoms. The second-order valence-electron chi connectivity index (χ2n) is 5.69. The van der Waals surface area contributed by atoms with E-state index >= 15 is 0 Å². The van der Waals surface area contributed by atoms with Crippen molar-refractivity contribution in [1.29, 1.82) is 0 Å².